The normalized spacial score (nSPS) is 13.6. The molecule has 0 N–H and O–H groups in total. The molecule has 2 fully saturated rings. The zero-order chi connectivity index (χ0) is 59.0. The molecule has 2 saturated carbocycles. The maximum atomic E-state index is 13.8. The van der Waals surface area contributed by atoms with Gasteiger partial charge in [0.25, 0.3) is 22.2 Å². The Kier molecular flexibility index (Phi) is 17.7. The quantitative estimate of drug-likeness (QED) is 0.133. The van der Waals surface area contributed by atoms with Crippen molar-refractivity contribution >= 4 is 55.5 Å². The third-order valence-electron chi connectivity index (χ3n) is 15.9. The van der Waals surface area contributed by atoms with E-state index in [2.05, 4.69) is 24.8 Å². The molecule has 8 aromatic heterocycles. The van der Waals surface area contributed by atoms with Crippen molar-refractivity contribution in [2.24, 2.45) is 7.05 Å². The van der Waals surface area contributed by atoms with Gasteiger partial charge < -0.3 is 23.7 Å². The predicted molar refractivity (Wildman–Crippen MR) is 334 cm³/mol. The lowest BCUT2D eigenvalue weighted by atomic mass is 9.95. The molecule has 0 saturated heterocycles. The number of aryl methyl sites for hydroxylation is 3. The van der Waals surface area contributed by atoms with Gasteiger partial charge in [-0.15, -0.1) is 0 Å². The molecule has 0 aliphatic heterocycles. The van der Waals surface area contributed by atoms with Crippen LogP contribution in [0.3, 0.4) is 0 Å². The van der Waals surface area contributed by atoms with Crippen LogP contribution < -0.4 is 36.8 Å². The minimum Gasteiger partial charge on any atom is -0.497 e. The van der Waals surface area contributed by atoms with Gasteiger partial charge in [0, 0.05) is 90.8 Å². The van der Waals surface area contributed by atoms with Crippen LogP contribution in [0.15, 0.2) is 166 Å². The Morgan fingerprint density at radius 3 is 1.39 bits per heavy atom. The molecule has 84 heavy (non-hydrogen) atoms. The average molecular weight is 1130 g/mol. The van der Waals surface area contributed by atoms with Crippen LogP contribution in [-0.4, -0.2) is 92.6 Å². The van der Waals surface area contributed by atoms with Crippen molar-refractivity contribution < 1.29 is 4.74 Å². The molecule has 0 bridgehead atoms. The van der Waals surface area contributed by atoms with E-state index >= 15 is 0 Å². The van der Waals surface area contributed by atoms with Gasteiger partial charge in [0.1, 0.15) is 51.8 Å². The SMILES string of the molecule is CN(C)c1ccnc2c1c1ncn(C3CCCCC3)c(=O)c1n2C.COc1ccc(Cn2c3nccc(N(C)C)c3c3ncn(C4CCCCC4)c(=O)c32)cc1.Cc1ccc(-n2cnccc2=O)cc1.Cc1ccc(-n2cnccc2=O)cc1. The smallest absolute Gasteiger partial charge is 0.278 e. The number of benzene rings is 3. The second kappa shape index (κ2) is 25.7. The highest BCUT2D eigenvalue weighted by molar-refractivity contribution is 6.11. The van der Waals surface area contributed by atoms with Gasteiger partial charge in [0.2, 0.25) is 0 Å². The summed E-state index contributed by atoms with van der Waals surface area (Å²) in [6.07, 6.45) is 24.5. The van der Waals surface area contributed by atoms with Crippen LogP contribution in [0.25, 0.3) is 55.5 Å². The Bertz CT molecular complexity index is 4220. The van der Waals surface area contributed by atoms with Gasteiger partial charge in [-0.2, -0.15) is 0 Å². The predicted octanol–water partition coefficient (Wildman–Crippen LogP) is 10.3. The Hall–Kier alpha value is -9.52. The van der Waals surface area contributed by atoms with Crippen molar-refractivity contribution in [1.82, 2.24) is 57.3 Å². The van der Waals surface area contributed by atoms with Gasteiger partial charge in [-0.3, -0.25) is 37.4 Å². The molecule has 2 aliphatic carbocycles. The number of ether oxygens (including phenoxy) is 1. The molecular formula is C65H72N14O5. The topological polar surface area (TPSA) is 191 Å². The highest BCUT2D eigenvalue weighted by Gasteiger charge is 2.25. The van der Waals surface area contributed by atoms with Crippen LogP contribution in [0.4, 0.5) is 11.4 Å². The van der Waals surface area contributed by atoms with Crippen LogP contribution in [0.1, 0.15) is 93.0 Å². The second-order valence-corrected chi connectivity index (χ2v) is 22.0. The number of anilines is 2. The molecule has 8 heterocycles. The summed E-state index contributed by atoms with van der Waals surface area (Å²) in [7, 11) is 11.6. The van der Waals surface area contributed by atoms with Crippen molar-refractivity contribution in [3.8, 4) is 17.1 Å². The molecule has 0 atom stereocenters. The molecule has 432 valence electrons. The van der Waals surface area contributed by atoms with E-state index in [1.54, 1.807) is 32.2 Å². The van der Waals surface area contributed by atoms with Crippen molar-refractivity contribution in [2.75, 3.05) is 45.1 Å². The average Bonchev–Trinajstić information content (AvgIpc) is 3.42. The number of fused-ring (bicyclic) bond motifs is 6. The Morgan fingerprint density at radius 2 is 0.940 bits per heavy atom. The molecular weight excluding hydrogens is 1060 g/mol. The lowest BCUT2D eigenvalue weighted by Crippen LogP contribution is -2.28. The number of pyridine rings is 2. The van der Waals surface area contributed by atoms with E-state index in [1.807, 2.05) is 157 Å². The van der Waals surface area contributed by atoms with Gasteiger partial charge in [-0.05, 0) is 93.6 Å². The first kappa shape index (κ1) is 57.7. The first-order chi connectivity index (χ1) is 40.7. The molecule has 0 unspecified atom stereocenters. The molecule has 2 aliphatic rings. The number of nitrogens with zero attached hydrogens (tertiary/aromatic N) is 14. The third kappa shape index (κ3) is 12.2. The summed E-state index contributed by atoms with van der Waals surface area (Å²) >= 11 is 0. The Morgan fingerprint density at radius 1 is 0.500 bits per heavy atom. The maximum Gasteiger partial charge on any atom is 0.278 e. The zero-order valence-corrected chi connectivity index (χ0v) is 49.1. The number of hydrogen-bond donors (Lipinski definition) is 0. The van der Waals surface area contributed by atoms with Crippen LogP contribution >= 0.6 is 0 Å². The number of hydrogen-bond acceptors (Lipinski definition) is 13. The fourth-order valence-electron chi connectivity index (χ4n) is 11.4. The van der Waals surface area contributed by atoms with Crippen LogP contribution in [-0.2, 0) is 13.6 Å². The number of rotatable bonds is 9. The van der Waals surface area contributed by atoms with Gasteiger partial charge >= 0.3 is 0 Å². The first-order valence-electron chi connectivity index (χ1n) is 28.6. The molecule has 19 nitrogen and oxygen atoms in total. The monoisotopic (exact) mass is 1130 g/mol. The molecule has 0 amide bonds. The number of methoxy groups -OCH3 is 1. The number of aromatic nitrogens is 12. The van der Waals surface area contributed by atoms with Crippen molar-refractivity contribution in [2.45, 2.75) is 96.7 Å². The first-order valence-corrected chi connectivity index (χ1v) is 28.6. The summed E-state index contributed by atoms with van der Waals surface area (Å²) in [4.78, 5) is 80.5. The van der Waals surface area contributed by atoms with E-state index in [9.17, 15) is 19.2 Å². The van der Waals surface area contributed by atoms with Crippen molar-refractivity contribution in [1.29, 1.82) is 0 Å². The van der Waals surface area contributed by atoms with E-state index in [4.69, 9.17) is 14.7 Å². The summed E-state index contributed by atoms with van der Waals surface area (Å²) in [6.45, 7) is 4.56. The summed E-state index contributed by atoms with van der Waals surface area (Å²) in [5.74, 6) is 0.810. The van der Waals surface area contributed by atoms with Gasteiger partial charge in [-0.25, -0.2) is 29.9 Å². The molecule has 11 aromatic rings. The van der Waals surface area contributed by atoms with Crippen molar-refractivity contribution in [3.05, 3.63) is 205 Å². The minimum absolute atomic E-state index is 0.0260. The highest BCUT2D eigenvalue weighted by Crippen LogP contribution is 2.35. The summed E-state index contributed by atoms with van der Waals surface area (Å²) in [6, 6.07) is 30.8. The summed E-state index contributed by atoms with van der Waals surface area (Å²) in [5.41, 5.74) is 11.4. The van der Waals surface area contributed by atoms with Crippen LogP contribution in [0.2, 0.25) is 0 Å². The van der Waals surface area contributed by atoms with Gasteiger partial charge in [0.15, 0.2) is 0 Å². The molecule has 0 radical (unpaired) electrons. The van der Waals surface area contributed by atoms with Crippen LogP contribution in [0.5, 0.6) is 5.75 Å². The molecule has 3 aromatic carbocycles. The second-order valence-electron chi connectivity index (χ2n) is 22.0. The highest BCUT2D eigenvalue weighted by atomic mass is 16.5. The minimum atomic E-state index is -0.0659. The van der Waals surface area contributed by atoms with E-state index in [1.165, 1.54) is 83.1 Å². The lowest BCUT2D eigenvalue weighted by Gasteiger charge is -2.23. The third-order valence-corrected chi connectivity index (χ3v) is 15.9. The Balaban J connectivity index is 0.000000133. The maximum absolute atomic E-state index is 13.8. The standard InChI is InChI=1S/C25H29N5O2.C18H23N5O.2C11H10N2O/c1-28(2)20-13-14-26-24-21(20)22-23(29(24)15-17-9-11-19(32-3)12-10-17)25(31)30(16-27-22)18-7-5-4-6-8-18;1-21(2)13-9-10-19-17-14(13)15-16(22(17)3)18(24)23(11-20-15)12-7-5-4-6-8-12;2*1-9-2-4-10(5-3-9)13-8-12-7-6-11(13)14/h9-14,16,18H,4-8,15H2,1-3H3;9-12H,4-8H2,1-3H3;2*2-8H,1H3. The van der Waals surface area contributed by atoms with E-state index in [0.29, 0.717) is 17.6 Å². The molecule has 0 spiro atoms. The van der Waals surface area contributed by atoms with E-state index in [-0.39, 0.29) is 34.3 Å². The van der Waals surface area contributed by atoms with E-state index in [0.717, 1.165) is 106 Å². The molecule has 19 heteroatoms. The van der Waals surface area contributed by atoms with E-state index < -0.39 is 0 Å². The van der Waals surface area contributed by atoms with Gasteiger partial charge in [0.05, 0.1) is 53.3 Å². The molecule has 13 rings (SSSR count). The fraction of sp³-hybridized carbons (Fsp3) is 0.323. The van der Waals surface area contributed by atoms with Gasteiger partial charge in [-0.1, -0.05) is 86.1 Å². The Labute approximate surface area is 486 Å². The zero-order valence-electron chi connectivity index (χ0n) is 49.1. The van der Waals surface area contributed by atoms with Crippen LogP contribution in [0, 0.1) is 13.8 Å². The summed E-state index contributed by atoms with van der Waals surface area (Å²) < 4.78 is 16.0. The lowest BCUT2D eigenvalue weighted by molar-refractivity contribution is 0.344. The van der Waals surface area contributed by atoms with Crippen molar-refractivity contribution in [3.63, 3.8) is 0 Å². The summed E-state index contributed by atoms with van der Waals surface area (Å²) in [5, 5.41) is 1.88. The largest absolute Gasteiger partial charge is 0.497 e. The fourth-order valence-corrected chi connectivity index (χ4v) is 11.4.